The summed E-state index contributed by atoms with van der Waals surface area (Å²) in [5.41, 5.74) is 0.0948. The Kier molecular flexibility index (Phi) is 8.18. The van der Waals surface area contributed by atoms with E-state index in [1.807, 2.05) is 4.90 Å². The van der Waals surface area contributed by atoms with Gasteiger partial charge >= 0.3 is 5.97 Å². The van der Waals surface area contributed by atoms with Crippen molar-refractivity contribution in [1.82, 2.24) is 14.8 Å². The van der Waals surface area contributed by atoms with Crippen molar-refractivity contribution in [1.29, 1.82) is 0 Å². The summed E-state index contributed by atoms with van der Waals surface area (Å²) in [6.45, 7) is 8.20. The fourth-order valence-corrected chi connectivity index (χ4v) is 4.98. The molecule has 1 unspecified atom stereocenters. The molecule has 0 saturated carbocycles. The van der Waals surface area contributed by atoms with E-state index in [0.717, 1.165) is 49.0 Å². The van der Waals surface area contributed by atoms with Gasteiger partial charge < -0.3 is 14.9 Å². The number of carbonyl (C=O) groups is 2. The first-order valence-electron chi connectivity index (χ1n) is 8.88. The van der Waals surface area contributed by atoms with E-state index < -0.39 is 5.97 Å². The Morgan fingerprint density at radius 1 is 1.44 bits per heavy atom. The molecule has 2 heterocycles. The summed E-state index contributed by atoms with van der Waals surface area (Å²) in [7, 11) is 0. The zero-order valence-corrected chi connectivity index (χ0v) is 16.6. The second kappa shape index (κ2) is 10.1. The lowest BCUT2D eigenvalue weighted by molar-refractivity contribution is -0.128. The van der Waals surface area contributed by atoms with Crippen molar-refractivity contribution >= 4 is 35.0 Å². The number of thioether (sulfide) groups is 1. The molecule has 1 aliphatic rings. The molecule has 1 amide bonds. The smallest absolute Gasteiger partial charge is 0.355 e. The van der Waals surface area contributed by atoms with Crippen molar-refractivity contribution in [2.45, 2.75) is 49.9 Å². The van der Waals surface area contributed by atoms with Crippen molar-refractivity contribution in [3.8, 4) is 0 Å². The Morgan fingerprint density at radius 2 is 2.16 bits per heavy atom. The van der Waals surface area contributed by atoms with Crippen LogP contribution in [0.3, 0.4) is 0 Å². The topological polar surface area (TPSA) is 73.7 Å². The fraction of sp³-hybridized carbons (Fsp3) is 0.706. The molecule has 0 radical (unpaired) electrons. The van der Waals surface area contributed by atoms with Gasteiger partial charge in [0.2, 0.25) is 5.91 Å². The van der Waals surface area contributed by atoms with Crippen LogP contribution < -0.4 is 0 Å². The van der Waals surface area contributed by atoms with Gasteiger partial charge in [0.05, 0.1) is 0 Å². The van der Waals surface area contributed by atoms with E-state index in [9.17, 15) is 9.59 Å². The molecule has 0 aliphatic carbocycles. The molecule has 1 aromatic rings. The maximum absolute atomic E-state index is 12.2. The third-order valence-corrected chi connectivity index (χ3v) is 6.26. The van der Waals surface area contributed by atoms with Gasteiger partial charge in [0.25, 0.3) is 0 Å². The molecule has 1 atom stereocenters. The number of aromatic nitrogens is 1. The average Bonchev–Trinajstić information content (AvgIpc) is 3.17. The fourth-order valence-electron chi connectivity index (χ4n) is 3.17. The second-order valence-corrected chi connectivity index (χ2v) is 8.43. The molecule has 1 N–H and O–H groups in total. The van der Waals surface area contributed by atoms with Gasteiger partial charge in [-0.15, -0.1) is 11.3 Å². The van der Waals surface area contributed by atoms with Crippen molar-refractivity contribution in [2.75, 3.05) is 31.9 Å². The van der Waals surface area contributed by atoms with E-state index in [1.54, 1.807) is 5.38 Å². The number of thiazole rings is 1. The van der Waals surface area contributed by atoms with E-state index in [0.29, 0.717) is 19.0 Å². The highest BCUT2D eigenvalue weighted by Gasteiger charge is 2.31. The highest BCUT2D eigenvalue weighted by atomic mass is 32.2. The number of carboxylic acids is 1. The maximum Gasteiger partial charge on any atom is 0.355 e. The van der Waals surface area contributed by atoms with Crippen LogP contribution in [0.2, 0.25) is 0 Å². The third kappa shape index (κ3) is 5.97. The van der Waals surface area contributed by atoms with Crippen molar-refractivity contribution < 1.29 is 14.7 Å². The second-order valence-electron chi connectivity index (χ2n) is 6.23. The standard InChI is InChI=1S/C17H27N3O3S2/c1-3-7-19(8-4-2)11-13-5-6-15(21)20(13)9-10-24-17-18-14(12-25-17)16(22)23/h12-13H,3-11H2,1-2H3,(H,22,23). The van der Waals surface area contributed by atoms with Crippen LogP contribution in [-0.2, 0) is 4.79 Å². The van der Waals surface area contributed by atoms with Crippen molar-refractivity contribution in [3.63, 3.8) is 0 Å². The highest BCUT2D eigenvalue weighted by Crippen LogP contribution is 2.25. The summed E-state index contributed by atoms with van der Waals surface area (Å²) in [4.78, 5) is 31.6. The first-order chi connectivity index (χ1) is 12.0. The van der Waals surface area contributed by atoms with Crippen LogP contribution in [0.15, 0.2) is 9.72 Å². The van der Waals surface area contributed by atoms with Gasteiger partial charge in [0.1, 0.15) is 0 Å². The lowest BCUT2D eigenvalue weighted by Crippen LogP contribution is -2.43. The Morgan fingerprint density at radius 3 is 2.76 bits per heavy atom. The largest absolute Gasteiger partial charge is 0.476 e. The lowest BCUT2D eigenvalue weighted by Gasteiger charge is -2.30. The zero-order chi connectivity index (χ0) is 18.2. The number of likely N-dealkylation sites (tertiary alicyclic amines) is 1. The van der Waals surface area contributed by atoms with E-state index in [1.165, 1.54) is 23.1 Å². The molecule has 0 spiro atoms. The molecular formula is C17H27N3O3S2. The van der Waals surface area contributed by atoms with Crippen LogP contribution in [0.1, 0.15) is 50.0 Å². The molecule has 1 saturated heterocycles. The van der Waals surface area contributed by atoms with Crippen LogP contribution >= 0.6 is 23.1 Å². The van der Waals surface area contributed by atoms with Gasteiger partial charge in [-0.2, -0.15) is 0 Å². The number of hydrogen-bond acceptors (Lipinski definition) is 6. The number of amides is 1. The van der Waals surface area contributed by atoms with Crippen LogP contribution in [0, 0.1) is 0 Å². The molecule has 0 aromatic carbocycles. The van der Waals surface area contributed by atoms with Gasteiger partial charge in [-0.1, -0.05) is 25.6 Å². The Bertz CT molecular complexity index is 573. The lowest BCUT2D eigenvalue weighted by atomic mass is 10.2. The van der Waals surface area contributed by atoms with Gasteiger partial charge in [-0.05, 0) is 32.4 Å². The Hall–Kier alpha value is -1.12. The minimum absolute atomic E-state index is 0.0948. The van der Waals surface area contributed by atoms with E-state index in [2.05, 4.69) is 23.7 Å². The average molecular weight is 386 g/mol. The van der Waals surface area contributed by atoms with Crippen LogP contribution in [0.4, 0.5) is 0 Å². The molecule has 25 heavy (non-hydrogen) atoms. The van der Waals surface area contributed by atoms with Gasteiger partial charge in [-0.3, -0.25) is 4.79 Å². The summed E-state index contributed by atoms with van der Waals surface area (Å²) in [5, 5.41) is 10.5. The number of carboxylic acid groups (broad SMARTS) is 1. The molecule has 1 fully saturated rings. The van der Waals surface area contributed by atoms with Crippen molar-refractivity contribution in [2.24, 2.45) is 0 Å². The number of hydrogen-bond donors (Lipinski definition) is 1. The number of rotatable bonds is 11. The summed E-state index contributed by atoms with van der Waals surface area (Å²) in [6, 6.07) is 0.303. The van der Waals surface area contributed by atoms with E-state index in [-0.39, 0.29) is 11.6 Å². The molecule has 2 rings (SSSR count). The molecule has 1 aliphatic heterocycles. The minimum atomic E-state index is -0.996. The molecule has 6 nitrogen and oxygen atoms in total. The van der Waals surface area contributed by atoms with Crippen LogP contribution in [0.25, 0.3) is 0 Å². The zero-order valence-electron chi connectivity index (χ0n) is 14.9. The summed E-state index contributed by atoms with van der Waals surface area (Å²) >= 11 is 2.87. The third-order valence-electron chi connectivity index (χ3n) is 4.26. The number of aromatic carboxylic acids is 1. The first kappa shape index (κ1) is 20.2. The SMILES string of the molecule is CCCN(CCC)CC1CCC(=O)N1CCSc1nc(C(=O)O)cs1. The van der Waals surface area contributed by atoms with Crippen LogP contribution in [-0.4, -0.2) is 69.7 Å². The highest BCUT2D eigenvalue weighted by molar-refractivity contribution is 8.01. The normalized spacial score (nSPS) is 17.6. The monoisotopic (exact) mass is 385 g/mol. The van der Waals surface area contributed by atoms with Crippen LogP contribution in [0.5, 0.6) is 0 Å². The molecule has 8 heteroatoms. The summed E-state index contributed by atoms with van der Waals surface area (Å²) < 4.78 is 0.749. The van der Waals surface area contributed by atoms with Gasteiger partial charge in [0, 0.05) is 36.7 Å². The van der Waals surface area contributed by atoms with Gasteiger partial charge in [-0.25, -0.2) is 9.78 Å². The van der Waals surface area contributed by atoms with E-state index >= 15 is 0 Å². The quantitative estimate of drug-likeness (QED) is 0.590. The summed E-state index contributed by atoms with van der Waals surface area (Å²) in [5.74, 6) is -0.00940. The number of carbonyl (C=O) groups excluding carboxylic acids is 1. The van der Waals surface area contributed by atoms with Gasteiger partial charge in [0.15, 0.2) is 10.0 Å². The predicted octanol–water partition coefficient (Wildman–Crippen LogP) is 3.05. The van der Waals surface area contributed by atoms with Crippen molar-refractivity contribution in [3.05, 3.63) is 11.1 Å². The molecule has 140 valence electrons. The van der Waals surface area contributed by atoms with E-state index in [4.69, 9.17) is 5.11 Å². The molecule has 1 aromatic heterocycles. The Labute approximate surface area is 157 Å². The minimum Gasteiger partial charge on any atom is -0.476 e. The number of nitrogens with zero attached hydrogens (tertiary/aromatic N) is 3. The Balaban J connectivity index is 1.84. The maximum atomic E-state index is 12.2. The molecular weight excluding hydrogens is 358 g/mol. The first-order valence-corrected chi connectivity index (χ1v) is 10.7. The predicted molar refractivity (Wildman–Crippen MR) is 102 cm³/mol. The molecule has 0 bridgehead atoms. The summed E-state index contributed by atoms with van der Waals surface area (Å²) in [6.07, 6.45) is 3.84.